The molecule has 0 spiro atoms. The lowest BCUT2D eigenvalue weighted by Crippen LogP contribution is -2.36. The summed E-state index contributed by atoms with van der Waals surface area (Å²) in [5.74, 6) is -0.837. The fourth-order valence-electron chi connectivity index (χ4n) is 2.67. The van der Waals surface area contributed by atoms with E-state index in [1.165, 1.54) is 6.07 Å². The maximum absolute atomic E-state index is 11.9. The van der Waals surface area contributed by atoms with Crippen LogP contribution in [0.5, 0.6) is 0 Å². The van der Waals surface area contributed by atoms with Crippen LogP contribution in [0.4, 0.5) is 5.82 Å². The second kappa shape index (κ2) is 10.5. The normalized spacial score (nSPS) is 26.9. The molecule has 0 saturated carbocycles. The molecule has 6 atom stereocenters. The SMILES string of the molecule is CC(=O)N(O)CCCP(=O)([O-])OP(=O)([O-])OC[C@H]1O[C@@H](n2ccc(N)nc2=O)[C@H](O)[C@@H]1O. The summed E-state index contributed by atoms with van der Waals surface area (Å²) in [5, 5.41) is 29.6. The highest BCUT2D eigenvalue weighted by Gasteiger charge is 2.44. The Balaban J connectivity index is 1.93. The molecule has 16 nitrogen and oxygen atoms in total. The first-order chi connectivity index (χ1) is 14.7. The van der Waals surface area contributed by atoms with Crippen molar-refractivity contribution in [3.05, 3.63) is 22.7 Å². The molecule has 182 valence electrons. The number of hydroxylamine groups is 2. The minimum absolute atomic E-state index is 0.0985. The minimum atomic E-state index is -5.44. The third-order valence-corrected chi connectivity index (χ3v) is 7.37. The van der Waals surface area contributed by atoms with Gasteiger partial charge < -0.3 is 39.6 Å². The number of hydrogen-bond donors (Lipinski definition) is 4. The van der Waals surface area contributed by atoms with E-state index in [9.17, 15) is 38.7 Å². The number of nitrogens with zero attached hydrogens (tertiary/aromatic N) is 3. The van der Waals surface area contributed by atoms with Crippen LogP contribution in [0, 0.1) is 0 Å². The number of carbonyl (C=O) groups excluding carboxylic acids is 1. The largest absolute Gasteiger partial charge is 0.778 e. The molecule has 18 heteroatoms. The lowest BCUT2D eigenvalue weighted by molar-refractivity contribution is -0.234. The topological polar surface area (TPSA) is 250 Å². The molecule has 1 saturated heterocycles. The van der Waals surface area contributed by atoms with Gasteiger partial charge in [-0.2, -0.15) is 4.98 Å². The number of phosphoric ester groups is 1. The molecule has 1 aromatic rings. The molecule has 1 aliphatic rings. The quantitative estimate of drug-likeness (QED) is 0.143. The molecule has 2 rings (SSSR count). The van der Waals surface area contributed by atoms with Crippen molar-refractivity contribution in [2.75, 3.05) is 25.0 Å². The van der Waals surface area contributed by atoms with Gasteiger partial charge in [0, 0.05) is 25.8 Å². The Labute approximate surface area is 180 Å². The smallest absolute Gasteiger partial charge is 0.351 e. The van der Waals surface area contributed by atoms with Crippen molar-refractivity contribution in [3.63, 3.8) is 0 Å². The van der Waals surface area contributed by atoms with Gasteiger partial charge >= 0.3 is 5.69 Å². The van der Waals surface area contributed by atoms with Gasteiger partial charge in [0.25, 0.3) is 7.82 Å². The summed E-state index contributed by atoms with van der Waals surface area (Å²) in [6.07, 6.45) is -6.31. The number of aliphatic hydroxyl groups is 2. The number of aliphatic hydroxyl groups excluding tert-OH is 2. The molecular weight excluding hydrogens is 478 g/mol. The van der Waals surface area contributed by atoms with Crippen LogP contribution in [0.1, 0.15) is 19.6 Å². The number of aromatic nitrogens is 2. The van der Waals surface area contributed by atoms with Crippen molar-refractivity contribution in [1.29, 1.82) is 0 Å². The molecule has 1 aromatic heterocycles. The Morgan fingerprint density at radius 2 is 2.03 bits per heavy atom. The zero-order valence-corrected chi connectivity index (χ0v) is 18.4. The Hall–Kier alpha value is -1.71. The number of rotatable bonds is 10. The number of phosphoric acid groups is 1. The van der Waals surface area contributed by atoms with Crippen molar-refractivity contribution in [2.45, 2.75) is 37.9 Å². The van der Waals surface area contributed by atoms with E-state index in [0.29, 0.717) is 0 Å². The molecular formula is C14H22N4O12P2-2. The van der Waals surface area contributed by atoms with Gasteiger partial charge in [0.1, 0.15) is 31.7 Å². The van der Waals surface area contributed by atoms with Crippen LogP contribution < -0.4 is 21.2 Å². The maximum Gasteiger partial charge on any atom is 0.351 e. The minimum Gasteiger partial charge on any atom is -0.778 e. The van der Waals surface area contributed by atoms with Crippen molar-refractivity contribution in [3.8, 4) is 0 Å². The monoisotopic (exact) mass is 500 g/mol. The van der Waals surface area contributed by atoms with Gasteiger partial charge in [-0.3, -0.25) is 23.4 Å². The van der Waals surface area contributed by atoms with Crippen molar-refractivity contribution >= 4 is 27.1 Å². The number of nitrogens with two attached hydrogens (primary N) is 1. The fraction of sp³-hybridized carbons (Fsp3) is 0.643. The van der Waals surface area contributed by atoms with Crippen molar-refractivity contribution in [2.24, 2.45) is 0 Å². The average molecular weight is 500 g/mol. The summed E-state index contributed by atoms with van der Waals surface area (Å²) in [5.41, 5.74) is 4.46. The number of carbonyl (C=O) groups is 1. The number of ether oxygens (including phenoxy) is 1. The molecule has 0 aromatic carbocycles. The van der Waals surface area contributed by atoms with Crippen LogP contribution in [0.25, 0.3) is 0 Å². The number of anilines is 1. The van der Waals surface area contributed by atoms with E-state index in [2.05, 4.69) is 13.8 Å². The van der Waals surface area contributed by atoms with Crippen LogP contribution in [0.15, 0.2) is 17.1 Å². The predicted octanol–water partition coefficient (Wildman–Crippen LogP) is -2.87. The standard InChI is InChI=1S/C14H24N4O12P2/c1-8(19)18(23)4-2-6-31(24,25)30-32(26,27)28-7-9-11(20)12(21)13(29-9)17-5-3-10(15)16-14(17)22/h3,5,9,11-13,20-21,23H,2,4,6-7H2,1H3,(H,24,25)(H,26,27)(H2,15,16,22)/p-2/t9-,11-,12-,13-/m1/s1. The van der Waals surface area contributed by atoms with Gasteiger partial charge in [-0.05, 0) is 12.5 Å². The van der Waals surface area contributed by atoms with E-state index in [-0.39, 0.29) is 23.8 Å². The van der Waals surface area contributed by atoms with Gasteiger partial charge in [0.05, 0.1) is 6.61 Å². The van der Waals surface area contributed by atoms with Crippen molar-refractivity contribution in [1.82, 2.24) is 14.6 Å². The zero-order valence-electron chi connectivity index (χ0n) is 16.6. The highest BCUT2D eigenvalue weighted by atomic mass is 31.3. The first-order valence-corrected chi connectivity index (χ1v) is 12.2. The third kappa shape index (κ3) is 7.15. The molecule has 1 fully saturated rings. The van der Waals surface area contributed by atoms with Gasteiger partial charge in [0.15, 0.2) is 6.23 Å². The fourth-order valence-corrected chi connectivity index (χ4v) is 5.26. The van der Waals surface area contributed by atoms with Crippen LogP contribution in [0.2, 0.25) is 0 Å². The van der Waals surface area contributed by atoms with E-state index >= 15 is 0 Å². The molecule has 5 N–H and O–H groups in total. The molecule has 32 heavy (non-hydrogen) atoms. The van der Waals surface area contributed by atoms with E-state index < -0.39 is 64.3 Å². The lowest BCUT2D eigenvalue weighted by Gasteiger charge is -2.32. The summed E-state index contributed by atoms with van der Waals surface area (Å²) >= 11 is 0. The third-order valence-electron chi connectivity index (χ3n) is 4.25. The second-order valence-electron chi connectivity index (χ2n) is 6.74. The highest BCUT2D eigenvalue weighted by molar-refractivity contribution is 7.62. The zero-order chi connectivity index (χ0) is 24.3. The molecule has 0 radical (unpaired) electrons. The first kappa shape index (κ1) is 26.5. The summed E-state index contributed by atoms with van der Waals surface area (Å²) in [4.78, 5) is 49.8. The maximum atomic E-state index is 11.9. The molecule has 0 aliphatic carbocycles. The van der Waals surface area contributed by atoms with Crippen LogP contribution in [0.3, 0.4) is 0 Å². The van der Waals surface area contributed by atoms with Crippen LogP contribution in [-0.4, -0.2) is 73.6 Å². The van der Waals surface area contributed by atoms with E-state index in [1.54, 1.807) is 0 Å². The highest BCUT2D eigenvalue weighted by Crippen LogP contribution is 2.55. The number of nitrogen functional groups attached to an aromatic ring is 1. The van der Waals surface area contributed by atoms with E-state index in [1.807, 2.05) is 0 Å². The molecule has 0 bridgehead atoms. The molecule has 2 heterocycles. The van der Waals surface area contributed by atoms with Gasteiger partial charge in [0.2, 0.25) is 5.91 Å². The van der Waals surface area contributed by atoms with Crippen LogP contribution >= 0.6 is 15.4 Å². The summed E-state index contributed by atoms with van der Waals surface area (Å²) < 4.78 is 38.2. The number of amides is 1. The average Bonchev–Trinajstić information content (AvgIpc) is 2.93. The Morgan fingerprint density at radius 1 is 1.38 bits per heavy atom. The Morgan fingerprint density at radius 3 is 2.62 bits per heavy atom. The van der Waals surface area contributed by atoms with Gasteiger partial charge in [-0.15, -0.1) is 0 Å². The van der Waals surface area contributed by atoms with Gasteiger partial charge in [-0.25, -0.2) is 9.86 Å². The summed E-state index contributed by atoms with van der Waals surface area (Å²) in [6.45, 7) is -0.286. The Bertz CT molecular complexity index is 973. The van der Waals surface area contributed by atoms with E-state index in [0.717, 1.165) is 17.7 Å². The van der Waals surface area contributed by atoms with Gasteiger partial charge in [-0.1, -0.05) is 0 Å². The Kier molecular flexibility index (Phi) is 8.69. The molecule has 1 aliphatic heterocycles. The lowest BCUT2D eigenvalue weighted by atomic mass is 10.1. The first-order valence-electron chi connectivity index (χ1n) is 9.02. The molecule has 1 amide bonds. The summed E-state index contributed by atoms with van der Waals surface area (Å²) in [7, 11) is -10.4. The molecule has 2 unspecified atom stereocenters. The second-order valence-corrected chi connectivity index (χ2v) is 10.2. The predicted molar refractivity (Wildman–Crippen MR) is 99.7 cm³/mol. The summed E-state index contributed by atoms with van der Waals surface area (Å²) in [6, 6.07) is 1.23. The van der Waals surface area contributed by atoms with E-state index in [4.69, 9.17) is 15.7 Å². The van der Waals surface area contributed by atoms with Crippen LogP contribution in [-0.2, 0) is 27.5 Å². The number of hydrogen-bond acceptors (Lipinski definition) is 14. The van der Waals surface area contributed by atoms with Crippen molar-refractivity contribution < 1.29 is 52.7 Å².